The van der Waals surface area contributed by atoms with Crippen molar-refractivity contribution in [2.45, 2.75) is 12.8 Å². The number of hydrogen-bond acceptors (Lipinski definition) is 6. The number of nitrogens with zero attached hydrogens (tertiary/aromatic N) is 3. The predicted molar refractivity (Wildman–Crippen MR) is 81.8 cm³/mol. The molecule has 0 aromatic heterocycles. The summed E-state index contributed by atoms with van der Waals surface area (Å²) in [7, 11) is 0. The van der Waals surface area contributed by atoms with Crippen LogP contribution < -0.4 is 10.6 Å². The largest absolute Gasteiger partial charge is 0.354 e. The first-order valence-corrected chi connectivity index (χ1v) is 6.89. The molecule has 0 atom stereocenters. The maximum Gasteiger partial charge on any atom is 0.314 e. The Morgan fingerprint density at radius 1 is 1.09 bits per heavy atom. The van der Waals surface area contributed by atoms with Crippen LogP contribution in [0, 0.1) is 11.5 Å². The van der Waals surface area contributed by atoms with Crippen LogP contribution in [0.25, 0.3) is 0 Å². The summed E-state index contributed by atoms with van der Waals surface area (Å²) in [5, 5.41) is 14.7. The number of carbonyl (C=O) groups is 3. The number of rotatable bonds is 13. The first-order valence-electron chi connectivity index (χ1n) is 6.89. The van der Waals surface area contributed by atoms with Gasteiger partial charge in [-0.15, -0.1) is 5.26 Å². The second-order valence-electron chi connectivity index (χ2n) is 4.23. The Kier molecular flexibility index (Phi) is 11.0. The van der Waals surface area contributed by atoms with Crippen molar-refractivity contribution in [3.63, 3.8) is 0 Å². The van der Waals surface area contributed by atoms with Gasteiger partial charge in [-0.25, -0.2) is 5.06 Å². The third-order valence-corrected chi connectivity index (χ3v) is 2.66. The SMILES string of the molecule is C=CN(C=O)CCC(=O)NCCNC(=O)CCN(C=C)OC#N. The smallest absolute Gasteiger partial charge is 0.314 e. The van der Waals surface area contributed by atoms with Gasteiger partial charge in [-0.3, -0.25) is 19.2 Å². The van der Waals surface area contributed by atoms with Crippen molar-refractivity contribution in [2.24, 2.45) is 0 Å². The molecule has 0 unspecified atom stereocenters. The van der Waals surface area contributed by atoms with Crippen LogP contribution in [-0.4, -0.2) is 54.4 Å². The Morgan fingerprint density at radius 2 is 1.65 bits per heavy atom. The number of amides is 3. The van der Waals surface area contributed by atoms with E-state index in [1.165, 1.54) is 23.6 Å². The van der Waals surface area contributed by atoms with E-state index in [9.17, 15) is 14.4 Å². The standard InChI is InChI=1S/C14H21N5O4/c1-3-18(12-20)9-5-13(21)16-7-8-17-14(22)6-10-19(4-2)23-11-15/h3-4,12H,1-2,5-10H2,(H,16,21)(H,17,22). The maximum atomic E-state index is 11.5. The summed E-state index contributed by atoms with van der Waals surface area (Å²) in [6, 6.07) is 0. The highest BCUT2D eigenvalue weighted by atomic mass is 16.7. The van der Waals surface area contributed by atoms with Gasteiger partial charge in [0.1, 0.15) is 0 Å². The molecule has 0 aromatic rings. The van der Waals surface area contributed by atoms with Crippen LogP contribution in [0.5, 0.6) is 0 Å². The fourth-order valence-corrected chi connectivity index (χ4v) is 1.44. The summed E-state index contributed by atoms with van der Waals surface area (Å²) < 4.78 is 0. The molecule has 0 fully saturated rings. The van der Waals surface area contributed by atoms with Gasteiger partial charge in [-0.2, -0.15) is 0 Å². The second-order valence-corrected chi connectivity index (χ2v) is 4.23. The number of carbonyl (C=O) groups excluding carboxylic acids is 3. The molecule has 0 spiro atoms. The number of nitriles is 1. The molecule has 0 aliphatic heterocycles. The molecule has 0 saturated heterocycles. The molecule has 0 radical (unpaired) electrons. The zero-order chi connectivity index (χ0) is 17.5. The van der Waals surface area contributed by atoms with E-state index < -0.39 is 0 Å². The molecule has 0 saturated carbocycles. The number of nitrogens with one attached hydrogen (secondary N) is 2. The molecule has 0 rings (SSSR count). The first-order chi connectivity index (χ1) is 11.1. The normalized spacial score (nSPS) is 9.00. The van der Waals surface area contributed by atoms with Crippen molar-refractivity contribution in [2.75, 3.05) is 26.2 Å². The fraction of sp³-hybridized carbons (Fsp3) is 0.429. The molecule has 0 bridgehead atoms. The minimum atomic E-state index is -0.244. The minimum absolute atomic E-state index is 0.120. The van der Waals surface area contributed by atoms with Gasteiger partial charge in [0.15, 0.2) is 0 Å². The summed E-state index contributed by atoms with van der Waals surface area (Å²) >= 11 is 0. The van der Waals surface area contributed by atoms with E-state index in [1.54, 1.807) is 0 Å². The minimum Gasteiger partial charge on any atom is -0.354 e. The zero-order valence-electron chi connectivity index (χ0n) is 12.9. The molecule has 0 aromatic carbocycles. The van der Waals surface area contributed by atoms with Crippen molar-refractivity contribution in [1.29, 1.82) is 5.26 Å². The predicted octanol–water partition coefficient (Wildman–Crippen LogP) is -0.541. The monoisotopic (exact) mass is 323 g/mol. The highest BCUT2D eigenvalue weighted by Gasteiger charge is 2.06. The molecule has 0 aliphatic carbocycles. The summed E-state index contributed by atoms with van der Waals surface area (Å²) in [6.07, 6.45) is 4.97. The van der Waals surface area contributed by atoms with Gasteiger partial charge in [-0.05, 0) is 6.20 Å². The quantitative estimate of drug-likeness (QED) is 0.204. The average Bonchev–Trinajstić information content (AvgIpc) is 2.56. The Bertz CT molecular complexity index is 453. The lowest BCUT2D eigenvalue weighted by Gasteiger charge is -2.14. The van der Waals surface area contributed by atoms with Crippen LogP contribution in [0.1, 0.15) is 12.8 Å². The highest BCUT2D eigenvalue weighted by molar-refractivity contribution is 5.77. The Labute approximate surface area is 135 Å². The van der Waals surface area contributed by atoms with Gasteiger partial charge < -0.3 is 15.5 Å². The van der Waals surface area contributed by atoms with Crippen molar-refractivity contribution < 1.29 is 19.2 Å². The van der Waals surface area contributed by atoms with Crippen molar-refractivity contribution >= 4 is 18.2 Å². The number of hydroxylamine groups is 2. The van der Waals surface area contributed by atoms with E-state index in [-0.39, 0.29) is 50.8 Å². The van der Waals surface area contributed by atoms with Crippen LogP contribution >= 0.6 is 0 Å². The van der Waals surface area contributed by atoms with Crippen LogP contribution in [0.2, 0.25) is 0 Å². The van der Waals surface area contributed by atoms with E-state index in [0.29, 0.717) is 6.41 Å². The molecule has 23 heavy (non-hydrogen) atoms. The van der Waals surface area contributed by atoms with Gasteiger partial charge in [0.2, 0.25) is 18.2 Å². The highest BCUT2D eigenvalue weighted by Crippen LogP contribution is 1.92. The summed E-state index contributed by atoms with van der Waals surface area (Å²) in [5.41, 5.74) is 0. The Balaban J connectivity index is 3.74. The average molecular weight is 323 g/mol. The maximum absolute atomic E-state index is 11.5. The Hall–Kier alpha value is -3.02. The lowest BCUT2D eigenvalue weighted by molar-refractivity contribution is -0.124. The van der Waals surface area contributed by atoms with Gasteiger partial charge in [-0.1, -0.05) is 13.2 Å². The Morgan fingerprint density at radius 3 is 2.09 bits per heavy atom. The molecule has 2 N–H and O–H groups in total. The van der Waals surface area contributed by atoms with E-state index in [2.05, 4.69) is 28.6 Å². The molecule has 0 aliphatic rings. The van der Waals surface area contributed by atoms with E-state index in [1.807, 2.05) is 0 Å². The van der Waals surface area contributed by atoms with Gasteiger partial charge in [0, 0.05) is 38.7 Å². The third-order valence-electron chi connectivity index (χ3n) is 2.66. The molecular formula is C14H21N5O4. The molecule has 126 valence electrons. The summed E-state index contributed by atoms with van der Waals surface area (Å²) in [4.78, 5) is 39.3. The van der Waals surface area contributed by atoms with Crippen molar-refractivity contribution in [3.05, 3.63) is 25.6 Å². The van der Waals surface area contributed by atoms with Crippen molar-refractivity contribution in [3.8, 4) is 6.26 Å². The number of hydrogen-bond donors (Lipinski definition) is 2. The molecular weight excluding hydrogens is 302 g/mol. The van der Waals surface area contributed by atoms with Gasteiger partial charge in [0.05, 0.1) is 6.54 Å². The molecule has 9 nitrogen and oxygen atoms in total. The van der Waals surface area contributed by atoms with E-state index in [0.717, 1.165) is 5.06 Å². The van der Waals surface area contributed by atoms with E-state index in [4.69, 9.17) is 5.26 Å². The van der Waals surface area contributed by atoms with Crippen LogP contribution in [0.4, 0.5) is 0 Å². The second kappa shape index (κ2) is 12.7. The van der Waals surface area contributed by atoms with Crippen LogP contribution in [-0.2, 0) is 19.2 Å². The lowest BCUT2D eigenvalue weighted by atomic mass is 10.3. The van der Waals surface area contributed by atoms with E-state index >= 15 is 0 Å². The summed E-state index contributed by atoms with van der Waals surface area (Å²) in [6.45, 7) is 7.86. The molecule has 3 amide bonds. The lowest BCUT2D eigenvalue weighted by Crippen LogP contribution is -2.36. The molecule has 0 heterocycles. The molecule has 9 heteroatoms. The van der Waals surface area contributed by atoms with Gasteiger partial charge in [0.25, 0.3) is 0 Å². The summed E-state index contributed by atoms with van der Waals surface area (Å²) in [5.74, 6) is -0.473. The van der Waals surface area contributed by atoms with Crippen LogP contribution in [0.3, 0.4) is 0 Å². The first kappa shape index (κ1) is 20.0. The zero-order valence-corrected chi connectivity index (χ0v) is 12.9. The van der Waals surface area contributed by atoms with Crippen molar-refractivity contribution in [1.82, 2.24) is 20.6 Å². The van der Waals surface area contributed by atoms with Crippen LogP contribution in [0.15, 0.2) is 25.6 Å². The fourth-order valence-electron chi connectivity index (χ4n) is 1.44. The van der Waals surface area contributed by atoms with Gasteiger partial charge >= 0.3 is 6.26 Å². The topological polar surface area (TPSA) is 115 Å². The third kappa shape index (κ3) is 10.4.